The van der Waals surface area contributed by atoms with Crippen molar-refractivity contribution in [2.24, 2.45) is 5.41 Å². The summed E-state index contributed by atoms with van der Waals surface area (Å²) >= 11 is 0. The van der Waals surface area contributed by atoms with E-state index in [9.17, 15) is 9.90 Å². The fourth-order valence-corrected chi connectivity index (χ4v) is 3.47. The second kappa shape index (κ2) is 6.89. The van der Waals surface area contributed by atoms with Gasteiger partial charge in [-0.15, -0.1) is 0 Å². The molecule has 1 heterocycles. The number of aliphatic hydroxyl groups excluding tert-OH is 1. The van der Waals surface area contributed by atoms with E-state index in [1.54, 1.807) is 12.0 Å². The molecule has 0 saturated heterocycles. The van der Waals surface area contributed by atoms with Gasteiger partial charge in [0.15, 0.2) is 0 Å². The van der Waals surface area contributed by atoms with Crippen LogP contribution < -0.4 is 5.32 Å². The summed E-state index contributed by atoms with van der Waals surface area (Å²) in [4.78, 5) is 14.4. The number of hydrogen-bond donors (Lipinski definition) is 2. The molecule has 2 aliphatic rings. The average Bonchev–Trinajstić information content (AvgIpc) is 3.37. The molecular weight excluding hydrogens is 292 g/mol. The van der Waals surface area contributed by atoms with Gasteiger partial charge in [-0.25, -0.2) is 4.79 Å². The SMILES string of the molecule is COCCC1(CNC(=O)N2CCc3ccccc3C2CO)CC1. The van der Waals surface area contributed by atoms with Gasteiger partial charge in [0.05, 0.1) is 12.6 Å². The number of rotatable bonds is 6. The minimum atomic E-state index is -0.242. The molecule has 2 N–H and O–H groups in total. The topological polar surface area (TPSA) is 61.8 Å². The molecule has 0 radical (unpaired) electrons. The highest BCUT2D eigenvalue weighted by molar-refractivity contribution is 5.75. The number of amides is 2. The van der Waals surface area contributed by atoms with Crippen LogP contribution in [0.15, 0.2) is 24.3 Å². The number of carbonyl (C=O) groups excluding carboxylic acids is 1. The van der Waals surface area contributed by atoms with Gasteiger partial charge in [-0.1, -0.05) is 24.3 Å². The zero-order valence-electron chi connectivity index (χ0n) is 13.8. The Morgan fingerprint density at radius 3 is 2.91 bits per heavy atom. The van der Waals surface area contributed by atoms with Crippen LogP contribution >= 0.6 is 0 Å². The highest BCUT2D eigenvalue weighted by Gasteiger charge is 2.42. The van der Waals surface area contributed by atoms with Gasteiger partial charge in [0.1, 0.15) is 0 Å². The molecule has 5 nitrogen and oxygen atoms in total. The Balaban J connectivity index is 1.61. The van der Waals surface area contributed by atoms with Gasteiger partial charge >= 0.3 is 6.03 Å². The number of methoxy groups -OCH3 is 1. The molecule has 0 aromatic heterocycles. The van der Waals surface area contributed by atoms with Crippen molar-refractivity contribution < 1.29 is 14.6 Å². The predicted octanol–water partition coefficient (Wildman–Crippen LogP) is 2.10. The third-order valence-corrected chi connectivity index (χ3v) is 5.25. The maximum absolute atomic E-state index is 12.6. The van der Waals surface area contributed by atoms with Gasteiger partial charge in [0.25, 0.3) is 0 Å². The zero-order chi connectivity index (χ0) is 16.3. The number of nitrogens with one attached hydrogen (secondary N) is 1. The Labute approximate surface area is 137 Å². The Hall–Kier alpha value is -1.59. The summed E-state index contributed by atoms with van der Waals surface area (Å²) in [6, 6.07) is 7.76. The maximum atomic E-state index is 12.6. The third kappa shape index (κ3) is 3.51. The van der Waals surface area contributed by atoms with E-state index in [1.807, 2.05) is 18.2 Å². The molecule has 2 amide bonds. The van der Waals surface area contributed by atoms with Gasteiger partial charge < -0.3 is 20.1 Å². The zero-order valence-corrected chi connectivity index (χ0v) is 13.8. The van der Waals surface area contributed by atoms with Gasteiger partial charge in [0, 0.05) is 26.8 Å². The lowest BCUT2D eigenvalue weighted by atomic mass is 9.93. The molecule has 3 rings (SSSR count). The van der Waals surface area contributed by atoms with Crippen molar-refractivity contribution in [3.63, 3.8) is 0 Å². The summed E-state index contributed by atoms with van der Waals surface area (Å²) in [5, 5.41) is 12.9. The van der Waals surface area contributed by atoms with Gasteiger partial charge in [0.2, 0.25) is 0 Å². The summed E-state index contributed by atoms with van der Waals surface area (Å²) in [5.41, 5.74) is 2.53. The first-order chi connectivity index (χ1) is 11.2. The number of carbonyl (C=O) groups is 1. The molecule has 1 aromatic rings. The third-order valence-electron chi connectivity index (χ3n) is 5.25. The van der Waals surface area contributed by atoms with E-state index in [-0.39, 0.29) is 24.1 Å². The molecule has 1 atom stereocenters. The van der Waals surface area contributed by atoms with E-state index in [1.165, 1.54) is 5.56 Å². The van der Waals surface area contributed by atoms with Crippen LogP contribution in [0, 0.1) is 5.41 Å². The molecule has 1 fully saturated rings. The molecule has 1 aliphatic carbocycles. The summed E-state index contributed by atoms with van der Waals surface area (Å²) in [6.45, 7) is 2.05. The Morgan fingerprint density at radius 1 is 1.43 bits per heavy atom. The van der Waals surface area contributed by atoms with Crippen molar-refractivity contribution in [1.82, 2.24) is 10.2 Å². The Morgan fingerprint density at radius 2 is 2.22 bits per heavy atom. The number of benzene rings is 1. The van der Waals surface area contributed by atoms with E-state index < -0.39 is 0 Å². The first-order valence-corrected chi connectivity index (χ1v) is 8.41. The lowest BCUT2D eigenvalue weighted by molar-refractivity contribution is 0.124. The van der Waals surface area contributed by atoms with Crippen LogP contribution in [-0.2, 0) is 11.2 Å². The summed E-state index contributed by atoms with van der Waals surface area (Å²) in [7, 11) is 1.71. The van der Waals surface area contributed by atoms with Crippen LogP contribution in [0.1, 0.15) is 36.4 Å². The molecule has 1 aromatic carbocycles. The molecule has 0 spiro atoms. The van der Waals surface area contributed by atoms with E-state index >= 15 is 0 Å². The van der Waals surface area contributed by atoms with E-state index in [4.69, 9.17) is 4.74 Å². The number of urea groups is 1. The first-order valence-electron chi connectivity index (χ1n) is 8.41. The second-order valence-electron chi connectivity index (χ2n) is 6.74. The van der Waals surface area contributed by atoms with E-state index in [0.29, 0.717) is 13.1 Å². The number of hydrogen-bond acceptors (Lipinski definition) is 3. The second-order valence-corrected chi connectivity index (χ2v) is 6.74. The van der Waals surface area contributed by atoms with Crippen LogP contribution in [0.25, 0.3) is 0 Å². The van der Waals surface area contributed by atoms with Crippen LogP contribution in [0.5, 0.6) is 0 Å². The van der Waals surface area contributed by atoms with Crippen LogP contribution in [0.2, 0.25) is 0 Å². The smallest absolute Gasteiger partial charge is 0.318 e. The molecule has 1 saturated carbocycles. The quantitative estimate of drug-likeness (QED) is 0.844. The van der Waals surface area contributed by atoms with Crippen LogP contribution in [0.3, 0.4) is 0 Å². The number of aliphatic hydroxyl groups is 1. The summed E-state index contributed by atoms with van der Waals surface area (Å²) in [6.07, 6.45) is 4.15. The highest BCUT2D eigenvalue weighted by atomic mass is 16.5. The molecular formula is C18H26N2O3. The van der Waals surface area contributed by atoms with E-state index in [2.05, 4.69) is 11.4 Å². The average molecular weight is 318 g/mol. The lowest BCUT2D eigenvalue weighted by Gasteiger charge is -2.36. The number of fused-ring (bicyclic) bond motifs is 1. The Kier molecular flexibility index (Phi) is 4.87. The minimum Gasteiger partial charge on any atom is -0.394 e. The lowest BCUT2D eigenvalue weighted by Crippen LogP contribution is -2.48. The summed E-state index contributed by atoms with van der Waals surface area (Å²) in [5.74, 6) is 0. The van der Waals surface area contributed by atoms with Gasteiger partial charge in [-0.2, -0.15) is 0 Å². The fourth-order valence-electron chi connectivity index (χ4n) is 3.47. The summed E-state index contributed by atoms with van der Waals surface area (Å²) < 4.78 is 5.16. The van der Waals surface area contributed by atoms with Crippen LogP contribution in [0.4, 0.5) is 4.79 Å². The normalized spacial score (nSPS) is 21.7. The van der Waals surface area contributed by atoms with Crippen LogP contribution in [-0.4, -0.2) is 49.5 Å². The highest BCUT2D eigenvalue weighted by Crippen LogP contribution is 2.48. The molecule has 1 aliphatic heterocycles. The maximum Gasteiger partial charge on any atom is 0.318 e. The fraction of sp³-hybridized carbons (Fsp3) is 0.611. The molecule has 23 heavy (non-hydrogen) atoms. The monoisotopic (exact) mass is 318 g/mol. The Bertz CT molecular complexity index is 557. The van der Waals surface area contributed by atoms with Crippen molar-refractivity contribution in [2.75, 3.05) is 33.4 Å². The van der Waals surface area contributed by atoms with Gasteiger partial charge in [-0.3, -0.25) is 0 Å². The first kappa shape index (κ1) is 16.3. The number of nitrogens with zero attached hydrogens (tertiary/aromatic N) is 1. The van der Waals surface area contributed by atoms with Crippen molar-refractivity contribution in [3.05, 3.63) is 35.4 Å². The number of ether oxygens (including phenoxy) is 1. The molecule has 0 bridgehead atoms. The van der Waals surface area contributed by atoms with Crippen molar-refractivity contribution in [1.29, 1.82) is 0 Å². The van der Waals surface area contributed by atoms with Gasteiger partial charge in [-0.05, 0) is 42.2 Å². The van der Waals surface area contributed by atoms with Crippen molar-refractivity contribution >= 4 is 6.03 Å². The predicted molar refractivity (Wildman–Crippen MR) is 88.2 cm³/mol. The largest absolute Gasteiger partial charge is 0.394 e. The minimum absolute atomic E-state index is 0.0424. The standard InChI is InChI=1S/C18H26N2O3/c1-23-11-9-18(7-8-18)13-19-17(22)20-10-6-14-4-2-3-5-15(14)16(20)12-21/h2-5,16,21H,6-13H2,1H3,(H,19,22). The van der Waals surface area contributed by atoms with E-state index in [0.717, 1.165) is 37.9 Å². The molecule has 1 unspecified atom stereocenters. The van der Waals surface area contributed by atoms with Crippen molar-refractivity contribution in [3.8, 4) is 0 Å². The van der Waals surface area contributed by atoms with Crippen molar-refractivity contribution in [2.45, 2.75) is 31.7 Å². The molecule has 5 heteroatoms. The molecule has 126 valence electrons.